The van der Waals surface area contributed by atoms with E-state index in [4.69, 9.17) is 15.2 Å². The average molecular weight is 344 g/mol. The molecule has 0 unspecified atom stereocenters. The number of ether oxygens (including phenoxy) is 2. The van der Waals surface area contributed by atoms with Gasteiger partial charge in [0.1, 0.15) is 0 Å². The maximum Gasteiger partial charge on any atom is 0.161 e. The van der Waals surface area contributed by atoms with Gasteiger partial charge >= 0.3 is 0 Å². The molecule has 4 nitrogen and oxygen atoms in total. The lowest BCUT2D eigenvalue weighted by atomic mass is 10.1. The van der Waals surface area contributed by atoms with Gasteiger partial charge in [0.05, 0.1) is 20.3 Å². The lowest BCUT2D eigenvalue weighted by Gasteiger charge is -2.13. The topological polar surface area (TPSA) is 56.8 Å². The Kier molecular flexibility index (Phi) is 6.55. The fraction of sp³-hybridized carbons (Fsp3) is 0.316. The Morgan fingerprint density at radius 3 is 2.38 bits per heavy atom. The van der Waals surface area contributed by atoms with Crippen molar-refractivity contribution in [3.8, 4) is 11.5 Å². The summed E-state index contributed by atoms with van der Waals surface area (Å²) in [4.78, 5) is 4.57. The summed E-state index contributed by atoms with van der Waals surface area (Å²) < 4.78 is 10.7. The number of hydrogen-bond acceptors (Lipinski definition) is 4. The molecule has 0 aliphatic heterocycles. The maximum absolute atomic E-state index is 6.09. The fourth-order valence-electron chi connectivity index (χ4n) is 2.36. The quantitative estimate of drug-likeness (QED) is 0.626. The van der Waals surface area contributed by atoms with Gasteiger partial charge in [-0.05, 0) is 42.7 Å². The summed E-state index contributed by atoms with van der Waals surface area (Å²) >= 11 is 1.53. The van der Waals surface area contributed by atoms with Crippen molar-refractivity contribution in [1.82, 2.24) is 0 Å². The smallest absolute Gasteiger partial charge is 0.161 e. The highest BCUT2D eigenvalue weighted by Crippen LogP contribution is 2.32. The second-order valence-corrected chi connectivity index (χ2v) is 6.47. The second-order valence-electron chi connectivity index (χ2n) is 5.48. The van der Waals surface area contributed by atoms with Crippen molar-refractivity contribution < 1.29 is 9.47 Å². The molecule has 0 amide bonds. The number of methoxy groups -OCH3 is 2. The van der Waals surface area contributed by atoms with Gasteiger partial charge in [0, 0.05) is 5.75 Å². The van der Waals surface area contributed by atoms with E-state index in [-0.39, 0.29) is 6.04 Å². The molecule has 2 aromatic rings. The number of benzene rings is 2. The minimum Gasteiger partial charge on any atom is -0.493 e. The third-order valence-electron chi connectivity index (χ3n) is 3.82. The molecule has 2 rings (SSSR count). The Morgan fingerprint density at radius 1 is 1.12 bits per heavy atom. The Bertz CT molecular complexity index is 702. The van der Waals surface area contributed by atoms with E-state index in [1.807, 2.05) is 37.3 Å². The number of aliphatic imine (C=N–C) groups is 1. The number of rotatable bonds is 6. The van der Waals surface area contributed by atoms with Gasteiger partial charge in [-0.2, -0.15) is 0 Å². The van der Waals surface area contributed by atoms with Crippen LogP contribution in [0.25, 0.3) is 0 Å². The molecule has 24 heavy (non-hydrogen) atoms. The van der Waals surface area contributed by atoms with Gasteiger partial charge in [0.15, 0.2) is 16.7 Å². The first kappa shape index (κ1) is 18.2. The van der Waals surface area contributed by atoms with Crippen molar-refractivity contribution in [3.05, 3.63) is 59.2 Å². The summed E-state index contributed by atoms with van der Waals surface area (Å²) in [6, 6.07) is 14.2. The number of amidine groups is 1. The van der Waals surface area contributed by atoms with Gasteiger partial charge in [0.2, 0.25) is 0 Å². The maximum atomic E-state index is 6.09. The monoisotopic (exact) mass is 344 g/mol. The first-order chi connectivity index (χ1) is 11.5. The highest BCUT2D eigenvalue weighted by Gasteiger charge is 2.10. The summed E-state index contributed by atoms with van der Waals surface area (Å²) in [6.07, 6.45) is 0. The van der Waals surface area contributed by atoms with E-state index < -0.39 is 0 Å². The third-order valence-corrected chi connectivity index (χ3v) is 4.68. The second kappa shape index (κ2) is 8.64. The Morgan fingerprint density at radius 2 is 1.75 bits per heavy atom. The van der Waals surface area contributed by atoms with Gasteiger partial charge in [-0.15, -0.1) is 0 Å². The van der Waals surface area contributed by atoms with E-state index in [0.29, 0.717) is 5.17 Å². The molecule has 0 aliphatic carbocycles. The van der Waals surface area contributed by atoms with Gasteiger partial charge in [-0.1, -0.05) is 42.1 Å². The zero-order chi connectivity index (χ0) is 17.5. The molecule has 0 heterocycles. The molecule has 0 spiro atoms. The van der Waals surface area contributed by atoms with E-state index >= 15 is 0 Å². The lowest BCUT2D eigenvalue weighted by Crippen LogP contribution is -2.09. The van der Waals surface area contributed by atoms with Crippen molar-refractivity contribution >= 4 is 16.9 Å². The largest absolute Gasteiger partial charge is 0.493 e. The summed E-state index contributed by atoms with van der Waals surface area (Å²) in [5.74, 6) is 2.21. The number of thioether (sulfide) groups is 1. The van der Waals surface area contributed by atoms with Crippen LogP contribution in [0.5, 0.6) is 11.5 Å². The zero-order valence-corrected chi connectivity index (χ0v) is 15.4. The summed E-state index contributed by atoms with van der Waals surface area (Å²) in [5, 5.41) is 0.584. The predicted molar refractivity (Wildman–Crippen MR) is 102 cm³/mol. The molecular weight excluding hydrogens is 320 g/mol. The molecule has 128 valence electrons. The first-order valence-corrected chi connectivity index (χ1v) is 8.76. The van der Waals surface area contributed by atoms with Crippen LogP contribution in [0.3, 0.4) is 0 Å². The summed E-state index contributed by atoms with van der Waals surface area (Å²) in [5.41, 5.74) is 9.55. The third kappa shape index (κ3) is 4.68. The van der Waals surface area contributed by atoms with Gasteiger partial charge in [-0.25, -0.2) is 0 Å². The van der Waals surface area contributed by atoms with E-state index in [9.17, 15) is 0 Å². The number of aryl methyl sites for hydroxylation is 1. The van der Waals surface area contributed by atoms with Gasteiger partial charge < -0.3 is 15.2 Å². The molecule has 0 fully saturated rings. The molecule has 0 bridgehead atoms. The molecule has 2 N–H and O–H groups in total. The number of nitrogens with two attached hydrogens (primary N) is 1. The molecule has 0 radical (unpaired) electrons. The van der Waals surface area contributed by atoms with Crippen LogP contribution in [-0.2, 0) is 5.75 Å². The van der Waals surface area contributed by atoms with Crippen LogP contribution < -0.4 is 15.2 Å². The van der Waals surface area contributed by atoms with Crippen molar-refractivity contribution in [2.75, 3.05) is 14.2 Å². The highest BCUT2D eigenvalue weighted by atomic mass is 32.2. The Hall–Kier alpha value is -2.14. The van der Waals surface area contributed by atoms with Crippen molar-refractivity contribution in [1.29, 1.82) is 0 Å². The van der Waals surface area contributed by atoms with E-state index in [1.54, 1.807) is 14.2 Å². The fourth-order valence-corrected chi connectivity index (χ4v) is 3.21. The highest BCUT2D eigenvalue weighted by molar-refractivity contribution is 8.13. The van der Waals surface area contributed by atoms with Crippen molar-refractivity contribution in [3.63, 3.8) is 0 Å². The SMILES string of the molecule is COc1cc(C)c(CSC(N)=N[C@@H](C)c2ccccc2)cc1OC. The minimum absolute atomic E-state index is 0.0465. The van der Waals surface area contributed by atoms with Crippen LogP contribution in [0.2, 0.25) is 0 Å². The number of hydrogen-bond donors (Lipinski definition) is 1. The van der Waals surface area contributed by atoms with Crippen molar-refractivity contribution in [2.24, 2.45) is 10.7 Å². The molecule has 0 aromatic heterocycles. The van der Waals surface area contributed by atoms with Crippen LogP contribution in [0.15, 0.2) is 47.5 Å². The molecule has 5 heteroatoms. The van der Waals surface area contributed by atoms with Crippen LogP contribution in [-0.4, -0.2) is 19.4 Å². The Balaban J connectivity index is 2.06. The molecular formula is C19H24N2O2S. The standard InChI is InChI=1S/C19H24N2O2S/c1-13-10-17(22-3)18(23-4)11-16(13)12-24-19(20)21-14(2)15-8-6-5-7-9-15/h5-11,14H,12H2,1-4H3,(H2,20,21)/t14-/m0/s1. The van der Waals surface area contributed by atoms with Crippen LogP contribution in [0, 0.1) is 6.92 Å². The zero-order valence-electron chi connectivity index (χ0n) is 14.6. The Labute approximate surface area is 148 Å². The minimum atomic E-state index is 0.0465. The summed E-state index contributed by atoms with van der Waals surface area (Å²) in [6.45, 7) is 4.10. The van der Waals surface area contributed by atoms with Crippen molar-refractivity contribution in [2.45, 2.75) is 25.6 Å². The molecule has 1 atom stereocenters. The van der Waals surface area contributed by atoms with Crippen LogP contribution >= 0.6 is 11.8 Å². The average Bonchev–Trinajstić information content (AvgIpc) is 2.61. The van der Waals surface area contributed by atoms with Crippen LogP contribution in [0.1, 0.15) is 29.7 Å². The normalized spacial score (nSPS) is 12.8. The van der Waals surface area contributed by atoms with Gasteiger partial charge in [-0.3, -0.25) is 4.99 Å². The van der Waals surface area contributed by atoms with Gasteiger partial charge in [0.25, 0.3) is 0 Å². The molecule has 2 aromatic carbocycles. The molecule has 0 saturated heterocycles. The van der Waals surface area contributed by atoms with Crippen LogP contribution in [0.4, 0.5) is 0 Å². The first-order valence-electron chi connectivity index (χ1n) is 7.77. The molecule has 0 saturated carbocycles. The molecule has 0 aliphatic rings. The van der Waals surface area contributed by atoms with E-state index in [1.165, 1.54) is 11.8 Å². The predicted octanol–water partition coefficient (Wildman–Crippen LogP) is 4.32. The summed E-state index contributed by atoms with van der Waals surface area (Å²) in [7, 11) is 3.28. The van der Waals surface area contributed by atoms with E-state index in [2.05, 4.69) is 24.0 Å². The lowest BCUT2D eigenvalue weighted by molar-refractivity contribution is 0.354. The number of nitrogens with zero attached hydrogens (tertiary/aromatic N) is 1. The van der Waals surface area contributed by atoms with E-state index in [0.717, 1.165) is 33.9 Å².